The second-order valence-corrected chi connectivity index (χ2v) is 16.0. The summed E-state index contributed by atoms with van der Waals surface area (Å²) in [5.74, 6) is -1.15. The van der Waals surface area contributed by atoms with Gasteiger partial charge in [-0.05, 0) is 98.2 Å². The highest BCUT2D eigenvalue weighted by atomic mass is 16.7. The molecule has 6 rings (SSSR count). The number of rotatable bonds is 8. The van der Waals surface area contributed by atoms with Crippen molar-refractivity contribution >= 4 is 24.2 Å². The minimum Gasteiger partial charge on any atom is -0.477 e. The van der Waals surface area contributed by atoms with Gasteiger partial charge in [-0.25, -0.2) is 19.2 Å². The number of esters is 2. The molecule has 2 aromatic rings. The number of likely N-dealkylation sites (tertiary alicyclic amines) is 1. The number of likely N-dealkylation sites (N-methyl/N-ethyl adjacent to an activating group) is 1. The molecular formula is C39H48N2O11. The van der Waals surface area contributed by atoms with Crippen molar-refractivity contribution in [3.8, 4) is 11.5 Å². The third-order valence-electron chi connectivity index (χ3n) is 10.0. The average molecular weight is 721 g/mol. The normalized spacial score (nSPS) is 25.7. The molecule has 2 aliphatic carbocycles. The number of ether oxygens (including phenoxy) is 6. The van der Waals surface area contributed by atoms with Crippen molar-refractivity contribution in [2.75, 3.05) is 13.6 Å². The Balaban J connectivity index is 1.24. The quantitative estimate of drug-likeness (QED) is 0.216. The summed E-state index contributed by atoms with van der Waals surface area (Å²) >= 11 is 0. The summed E-state index contributed by atoms with van der Waals surface area (Å²) in [4.78, 5) is 54.7. The number of piperidine rings is 1. The molecule has 0 radical (unpaired) electrons. The van der Waals surface area contributed by atoms with Crippen LogP contribution in [0.4, 0.5) is 9.59 Å². The molecule has 2 bridgehead atoms. The highest BCUT2D eigenvalue weighted by Crippen LogP contribution is 2.65. The topological polar surface area (TPSA) is 159 Å². The van der Waals surface area contributed by atoms with Gasteiger partial charge in [0.25, 0.3) is 0 Å². The average Bonchev–Trinajstić information content (AvgIpc) is 3.39. The lowest BCUT2D eigenvalue weighted by Crippen LogP contribution is -2.74. The van der Waals surface area contributed by atoms with Crippen LogP contribution in [-0.4, -0.2) is 88.9 Å². The lowest BCUT2D eigenvalue weighted by molar-refractivity contribution is -0.176. The van der Waals surface area contributed by atoms with E-state index in [4.69, 9.17) is 28.4 Å². The smallest absolute Gasteiger partial charge is 0.477 e. The summed E-state index contributed by atoms with van der Waals surface area (Å²) in [6, 6.07) is 11.2. The number of carbonyl (C=O) groups excluding carboxylic acids is 4. The third kappa shape index (κ3) is 6.95. The van der Waals surface area contributed by atoms with Crippen molar-refractivity contribution < 1.29 is 52.7 Å². The summed E-state index contributed by atoms with van der Waals surface area (Å²) in [6.45, 7) is 12.3. The van der Waals surface area contributed by atoms with Crippen molar-refractivity contribution in [1.82, 2.24) is 10.2 Å². The van der Waals surface area contributed by atoms with Crippen LogP contribution in [0.5, 0.6) is 11.5 Å². The molecule has 0 aromatic heterocycles. The number of carbonyl (C=O) groups is 4. The first-order chi connectivity index (χ1) is 24.3. The van der Waals surface area contributed by atoms with Crippen LogP contribution >= 0.6 is 0 Å². The fourth-order valence-electron chi connectivity index (χ4n) is 7.86. The Morgan fingerprint density at radius 1 is 0.981 bits per heavy atom. The van der Waals surface area contributed by atoms with E-state index in [0.717, 1.165) is 16.7 Å². The van der Waals surface area contributed by atoms with Gasteiger partial charge in [0.05, 0.1) is 11.0 Å². The fraction of sp³-hybridized carbons (Fsp3) is 0.538. The van der Waals surface area contributed by atoms with Crippen LogP contribution < -0.4 is 14.8 Å². The Kier molecular flexibility index (Phi) is 9.58. The van der Waals surface area contributed by atoms with E-state index in [1.54, 1.807) is 65.8 Å². The van der Waals surface area contributed by atoms with Gasteiger partial charge in [0.15, 0.2) is 23.7 Å². The predicted molar refractivity (Wildman–Crippen MR) is 187 cm³/mol. The van der Waals surface area contributed by atoms with Gasteiger partial charge in [-0.2, -0.15) is 0 Å². The monoisotopic (exact) mass is 720 g/mol. The first-order valence-electron chi connectivity index (χ1n) is 17.6. The Labute approximate surface area is 303 Å². The zero-order valence-electron chi connectivity index (χ0n) is 30.9. The van der Waals surface area contributed by atoms with Crippen molar-refractivity contribution in [3.63, 3.8) is 0 Å². The maximum Gasteiger partial charge on any atom is 0.514 e. The number of benzene rings is 2. The Bertz CT molecular complexity index is 1780. The number of nitrogens with zero attached hydrogens (tertiary/aromatic N) is 1. The molecule has 280 valence electrons. The number of amides is 1. The largest absolute Gasteiger partial charge is 0.514 e. The van der Waals surface area contributed by atoms with Gasteiger partial charge in [-0.15, -0.1) is 0 Å². The molecule has 1 fully saturated rings. The van der Waals surface area contributed by atoms with E-state index in [0.29, 0.717) is 19.4 Å². The molecule has 2 aromatic carbocycles. The molecule has 2 aliphatic heterocycles. The SMILES string of the molecule is C[C@H](OC(=O)C(Cc1ccccc1)NC(=O)OC(C)(C)C)C(=O)OC1=CC[C@@]2(O)[C@@H]3Cc4ccc(OC(=O)OC(C)(C)C)c5c4[C@@]2(CCN3C)[C@H]1O5. The van der Waals surface area contributed by atoms with Crippen LogP contribution in [0.1, 0.15) is 78.0 Å². The molecule has 1 spiro atoms. The van der Waals surface area contributed by atoms with Gasteiger partial charge in [-0.1, -0.05) is 36.4 Å². The van der Waals surface area contributed by atoms with Gasteiger partial charge >= 0.3 is 24.2 Å². The first-order valence-corrected chi connectivity index (χ1v) is 17.6. The van der Waals surface area contributed by atoms with Gasteiger partial charge < -0.3 is 43.7 Å². The fourth-order valence-corrected chi connectivity index (χ4v) is 7.86. The van der Waals surface area contributed by atoms with Gasteiger partial charge in [0.2, 0.25) is 0 Å². The summed E-state index contributed by atoms with van der Waals surface area (Å²) in [7, 11) is 1.98. The minimum atomic E-state index is -1.38. The van der Waals surface area contributed by atoms with E-state index in [1.807, 2.05) is 31.3 Å². The Hall–Kier alpha value is -4.62. The summed E-state index contributed by atoms with van der Waals surface area (Å²) in [5, 5.41) is 15.1. The highest BCUT2D eigenvalue weighted by molar-refractivity contribution is 5.85. The molecule has 13 heteroatoms. The second-order valence-electron chi connectivity index (χ2n) is 16.0. The number of aliphatic hydroxyl groups is 1. The molecule has 1 saturated heterocycles. The van der Waals surface area contributed by atoms with Crippen LogP contribution in [0.3, 0.4) is 0 Å². The van der Waals surface area contributed by atoms with Gasteiger partial charge in [0, 0.05) is 24.4 Å². The van der Waals surface area contributed by atoms with Crippen molar-refractivity contribution in [2.45, 2.75) is 121 Å². The molecule has 0 saturated carbocycles. The van der Waals surface area contributed by atoms with E-state index in [-0.39, 0.29) is 36.1 Å². The van der Waals surface area contributed by atoms with E-state index in [9.17, 15) is 24.3 Å². The summed E-state index contributed by atoms with van der Waals surface area (Å²) in [6.07, 6.45) is -1.15. The van der Waals surface area contributed by atoms with Crippen molar-refractivity contribution in [2.24, 2.45) is 0 Å². The number of hydrogen-bond acceptors (Lipinski definition) is 12. The van der Waals surface area contributed by atoms with E-state index >= 15 is 0 Å². The lowest BCUT2D eigenvalue weighted by atomic mass is 9.50. The number of hydrogen-bond donors (Lipinski definition) is 2. The maximum absolute atomic E-state index is 13.6. The second kappa shape index (κ2) is 13.4. The molecule has 13 nitrogen and oxygen atoms in total. The van der Waals surface area contributed by atoms with E-state index in [2.05, 4.69) is 10.2 Å². The molecular weight excluding hydrogens is 672 g/mol. The van der Waals surface area contributed by atoms with Crippen LogP contribution in [0.2, 0.25) is 0 Å². The zero-order valence-corrected chi connectivity index (χ0v) is 30.9. The molecule has 6 atom stereocenters. The molecule has 52 heavy (non-hydrogen) atoms. The number of alkyl carbamates (subject to hydrolysis) is 1. The molecule has 4 aliphatic rings. The molecule has 1 unspecified atom stereocenters. The Morgan fingerprint density at radius 2 is 1.67 bits per heavy atom. The molecule has 2 heterocycles. The van der Waals surface area contributed by atoms with E-state index < -0.39 is 64.7 Å². The van der Waals surface area contributed by atoms with E-state index in [1.165, 1.54) is 6.92 Å². The van der Waals surface area contributed by atoms with Crippen LogP contribution in [0, 0.1) is 0 Å². The van der Waals surface area contributed by atoms with Gasteiger partial charge in [0.1, 0.15) is 23.0 Å². The van der Waals surface area contributed by atoms with Crippen LogP contribution in [0.25, 0.3) is 0 Å². The summed E-state index contributed by atoms with van der Waals surface area (Å²) in [5.41, 5.74) is -1.50. The van der Waals surface area contributed by atoms with Gasteiger partial charge in [-0.3, -0.25) is 0 Å². The van der Waals surface area contributed by atoms with Crippen molar-refractivity contribution in [3.05, 3.63) is 71.0 Å². The maximum atomic E-state index is 13.6. The van der Waals surface area contributed by atoms with Crippen LogP contribution in [-0.2, 0) is 46.8 Å². The predicted octanol–water partition coefficient (Wildman–Crippen LogP) is 4.89. The third-order valence-corrected chi connectivity index (χ3v) is 10.0. The lowest BCUT2D eigenvalue weighted by Gasteiger charge is -2.61. The Morgan fingerprint density at radius 3 is 2.35 bits per heavy atom. The highest BCUT2D eigenvalue weighted by Gasteiger charge is 2.72. The molecule has 2 N–H and O–H groups in total. The van der Waals surface area contributed by atoms with Crippen molar-refractivity contribution in [1.29, 1.82) is 0 Å². The standard InChI is InChI=1S/C39H48N2O11/c1-22(47-33(43)25(20-23-12-10-9-11-13-23)40-34(44)51-36(2,3)4)32(42)48-27-16-17-39(46)28-21-24-14-15-26(49-35(45)52-37(5,6)7)30-29(24)38(39,31(27)50-30)18-19-41(28)8/h9-16,22,25,28,31,46H,17-21H2,1-8H3,(H,40,44)/t22-,25?,28-,31-,38-,39+/m0/s1. The zero-order chi connectivity index (χ0) is 37.8. The van der Waals surface area contributed by atoms with Crippen LogP contribution in [0.15, 0.2) is 54.3 Å². The number of nitrogens with one attached hydrogen (secondary N) is 1. The molecule has 1 amide bonds. The summed E-state index contributed by atoms with van der Waals surface area (Å²) < 4.78 is 34.5. The first kappa shape index (κ1) is 37.1. The minimum absolute atomic E-state index is 0.0900.